The first-order valence-electron chi connectivity index (χ1n) is 10.8. The molecule has 188 valence electrons. The number of allylic oxidation sites excluding steroid dienone is 1. The Kier molecular flexibility index (Phi) is 6.08. The van der Waals surface area contributed by atoms with Crippen LogP contribution in [0.1, 0.15) is 49.4 Å². The number of hydrogen-bond donors (Lipinski definition) is 2. The molecule has 4 unspecified atom stereocenters. The van der Waals surface area contributed by atoms with Crippen molar-refractivity contribution < 1.29 is 30.7 Å². The molecule has 1 saturated heterocycles. The minimum absolute atomic E-state index is 0.00966. The molecule has 0 radical (unpaired) electrons. The van der Waals surface area contributed by atoms with Crippen LogP contribution in [0.2, 0.25) is 0 Å². The van der Waals surface area contributed by atoms with Gasteiger partial charge in [-0.25, -0.2) is 9.18 Å². The highest BCUT2D eigenvalue weighted by atomic mass is 19.4. The summed E-state index contributed by atoms with van der Waals surface area (Å²) in [5.74, 6) is -2.09. The quantitative estimate of drug-likeness (QED) is 0.495. The molecule has 0 bridgehead atoms. The van der Waals surface area contributed by atoms with Crippen LogP contribution >= 0.6 is 0 Å². The Morgan fingerprint density at radius 1 is 1.15 bits per heavy atom. The molecule has 2 heterocycles. The Bertz CT molecular complexity index is 1130. The van der Waals surface area contributed by atoms with Crippen LogP contribution in [-0.2, 0) is 0 Å². The predicted molar refractivity (Wildman–Crippen MR) is 109 cm³/mol. The van der Waals surface area contributed by atoms with Gasteiger partial charge in [0, 0.05) is 30.2 Å². The molecule has 1 aliphatic heterocycles. The second-order valence-corrected chi connectivity index (χ2v) is 9.12. The minimum atomic E-state index is -5.61. The lowest BCUT2D eigenvalue weighted by molar-refractivity contribution is -0.172. The van der Waals surface area contributed by atoms with Crippen molar-refractivity contribution in [2.45, 2.75) is 62.6 Å². The van der Waals surface area contributed by atoms with Crippen LogP contribution in [-0.4, -0.2) is 52.0 Å². The summed E-state index contributed by atoms with van der Waals surface area (Å²) in [6.07, 6.45) is -8.55. The summed E-state index contributed by atoms with van der Waals surface area (Å²) in [7, 11) is 0. The Morgan fingerprint density at radius 3 is 2.32 bits per heavy atom. The molecule has 13 heteroatoms. The highest BCUT2D eigenvalue weighted by molar-refractivity contribution is 5.59. The molecule has 4 atom stereocenters. The molecule has 3 N–H and O–H groups in total. The fourth-order valence-electron chi connectivity index (χ4n) is 5.04. The van der Waals surface area contributed by atoms with E-state index in [1.807, 2.05) is 0 Å². The monoisotopic (exact) mass is 496 g/mol. The number of aromatic nitrogens is 2. The summed E-state index contributed by atoms with van der Waals surface area (Å²) >= 11 is 0. The van der Waals surface area contributed by atoms with Crippen LogP contribution in [0.5, 0.6) is 0 Å². The second kappa shape index (κ2) is 8.36. The van der Waals surface area contributed by atoms with Crippen LogP contribution in [0.4, 0.5) is 30.7 Å². The van der Waals surface area contributed by atoms with Crippen molar-refractivity contribution in [3.63, 3.8) is 0 Å². The maximum atomic E-state index is 15.1. The van der Waals surface area contributed by atoms with Gasteiger partial charge in [-0.3, -0.25) is 19.2 Å². The van der Waals surface area contributed by atoms with E-state index in [1.54, 1.807) is 11.8 Å². The predicted octanol–water partition coefficient (Wildman–Crippen LogP) is 3.37. The number of alkyl halides is 6. The van der Waals surface area contributed by atoms with Gasteiger partial charge in [-0.05, 0) is 37.8 Å². The lowest BCUT2D eigenvalue weighted by Gasteiger charge is -2.36. The first kappa shape index (κ1) is 24.7. The summed E-state index contributed by atoms with van der Waals surface area (Å²) in [5, 5.41) is 0. The van der Waals surface area contributed by atoms with E-state index in [2.05, 4.69) is 4.98 Å². The molecule has 0 amide bonds. The van der Waals surface area contributed by atoms with Gasteiger partial charge in [-0.2, -0.15) is 26.3 Å². The van der Waals surface area contributed by atoms with E-state index in [9.17, 15) is 35.9 Å². The van der Waals surface area contributed by atoms with Crippen molar-refractivity contribution >= 4 is 6.08 Å². The molecule has 1 aromatic heterocycles. The van der Waals surface area contributed by atoms with Crippen molar-refractivity contribution in [3.05, 3.63) is 49.6 Å². The van der Waals surface area contributed by atoms with E-state index in [0.29, 0.717) is 5.69 Å². The Labute approximate surface area is 188 Å². The van der Waals surface area contributed by atoms with Crippen LogP contribution in [0.25, 0.3) is 6.08 Å². The molecular formula is C21H23F7N4O2. The van der Waals surface area contributed by atoms with E-state index >= 15 is 4.39 Å². The standard InChI is InChI=1S/C21H23F7N4O2/c1-9-16-12(18(33)30-19(34)32(16)11-2-3-11)6-13(22)17(9)31-5-4-10(8-31)14(29)7-15(20(23,24)25)21(26,27)28/h6-7,9-11,14,17H,2-5,8,29H2,1H3,(H,30,33,34). The SMILES string of the molecule is CC1c2c(c(=O)[nH]c(=O)n2C2CC2)C=C(F)C1N1CCC(C(N)C=C(C(F)(F)F)C(F)(F)F)C1. The number of nitrogens with zero attached hydrogens (tertiary/aromatic N) is 2. The molecule has 2 aliphatic carbocycles. The average Bonchev–Trinajstić information content (AvgIpc) is 3.41. The normalized spacial score (nSPS) is 26.7. The summed E-state index contributed by atoms with van der Waals surface area (Å²) in [6.45, 7) is 1.79. The van der Waals surface area contributed by atoms with Crippen molar-refractivity contribution in [2.75, 3.05) is 13.1 Å². The van der Waals surface area contributed by atoms with Crippen LogP contribution in [0.3, 0.4) is 0 Å². The van der Waals surface area contributed by atoms with Crippen LogP contribution < -0.4 is 17.0 Å². The molecule has 34 heavy (non-hydrogen) atoms. The average molecular weight is 496 g/mol. The van der Waals surface area contributed by atoms with Gasteiger partial charge in [-0.1, -0.05) is 13.0 Å². The van der Waals surface area contributed by atoms with Gasteiger partial charge in [0.15, 0.2) is 0 Å². The minimum Gasteiger partial charge on any atom is -0.324 e. The summed E-state index contributed by atoms with van der Waals surface area (Å²) in [6, 6.07) is -2.58. The maximum absolute atomic E-state index is 15.1. The molecule has 4 rings (SSSR count). The van der Waals surface area contributed by atoms with E-state index in [0.717, 1.165) is 18.9 Å². The maximum Gasteiger partial charge on any atom is 0.421 e. The van der Waals surface area contributed by atoms with Gasteiger partial charge in [0.25, 0.3) is 5.56 Å². The van der Waals surface area contributed by atoms with Gasteiger partial charge >= 0.3 is 18.0 Å². The number of hydrogen-bond acceptors (Lipinski definition) is 4. The van der Waals surface area contributed by atoms with E-state index in [-0.39, 0.29) is 37.2 Å². The molecule has 3 aliphatic rings. The number of H-pyrrole nitrogens is 1. The number of fused-ring (bicyclic) bond motifs is 1. The summed E-state index contributed by atoms with van der Waals surface area (Å²) < 4.78 is 93.9. The van der Waals surface area contributed by atoms with Crippen molar-refractivity contribution in [1.82, 2.24) is 14.5 Å². The van der Waals surface area contributed by atoms with Crippen molar-refractivity contribution in [1.29, 1.82) is 0 Å². The van der Waals surface area contributed by atoms with Gasteiger partial charge in [0.2, 0.25) is 0 Å². The fraction of sp³-hybridized carbons (Fsp3) is 0.619. The Morgan fingerprint density at radius 2 is 1.76 bits per heavy atom. The highest BCUT2D eigenvalue weighted by Crippen LogP contribution is 2.43. The number of halogens is 7. The molecule has 0 spiro atoms. The summed E-state index contributed by atoms with van der Waals surface area (Å²) in [5.41, 5.74) is 2.18. The molecule has 1 saturated carbocycles. The third-order valence-electron chi connectivity index (χ3n) is 6.76. The Balaban J connectivity index is 1.61. The zero-order valence-corrected chi connectivity index (χ0v) is 18.0. The van der Waals surface area contributed by atoms with Gasteiger partial charge in [0.05, 0.1) is 11.6 Å². The smallest absolute Gasteiger partial charge is 0.324 e. The molecule has 1 aromatic rings. The van der Waals surface area contributed by atoms with Crippen molar-refractivity contribution in [3.8, 4) is 0 Å². The van der Waals surface area contributed by atoms with Crippen LogP contribution in [0.15, 0.2) is 27.1 Å². The lowest BCUT2D eigenvalue weighted by atomic mass is 9.87. The number of nitrogens with one attached hydrogen (secondary N) is 1. The number of nitrogens with two attached hydrogens (primary N) is 1. The van der Waals surface area contributed by atoms with Crippen molar-refractivity contribution in [2.24, 2.45) is 11.7 Å². The molecule has 0 aromatic carbocycles. The van der Waals surface area contributed by atoms with E-state index < -0.39 is 58.9 Å². The third kappa shape index (κ3) is 4.47. The van der Waals surface area contributed by atoms with Gasteiger partial charge < -0.3 is 5.73 Å². The first-order valence-corrected chi connectivity index (χ1v) is 10.8. The molecular weight excluding hydrogens is 473 g/mol. The third-order valence-corrected chi connectivity index (χ3v) is 6.76. The molecule has 2 fully saturated rings. The van der Waals surface area contributed by atoms with Gasteiger partial charge in [-0.15, -0.1) is 0 Å². The zero-order valence-electron chi connectivity index (χ0n) is 18.0. The first-order chi connectivity index (χ1) is 15.7. The molecule has 6 nitrogen and oxygen atoms in total. The van der Waals surface area contributed by atoms with Crippen LogP contribution in [0, 0.1) is 5.92 Å². The zero-order chi connectivity index (χ0) is 25.2. The topological polar surface area (TPSA) is 84.1 Å². The number of aromatic amines is 1. The van der Waals surface area contributed by atoms with E-state index in [4.69, 9.17) is 5.73 Å². The van der Waals surface area contributed by atoms with Gasteiger partial charge in [0.1, 0.15) is 11.4 Å². The second-order valence-electron chi connectivity index (χ2n) is 9.12. The number of likely N-dealkylation sites (tertiary alicyclic amines) is 1. The number of rotatable bonds is 4. The lowest BCUT2D eigenvalue weighted by Crippen LogP contribution is -2.45. The fourth-order valence-corrected chi connectivity index (χ4v) is 5.04. The van der Waals surface area contributed by atoms with E-state index in [1.165, 1.54) is 4.57 Å². The Hall–Kier alpha value is -2.41. The largest absolute Gasteiger partial charge is 0.421 e. The summed E-state index contributed by atoms with van der Waals surface area (Å²) in [4.78, 5) is 28.5. The highest BCUT2D eigenvalue weighted by Gasteiger charge is 2.51.